The first-order valence-electron chi connectivity index (χ1n) is 7.92. The Morgan fingerprint density at radius 1 is 1.19 bits per heavy atom. The van der Waals surface area contributed by atoms with E-state index in [0.717, 1.165) is 21.6 Å². The number of halogens is 2. The fourth-order valence-electron chi connectivity index (χ4n) is 2.97. The van der Waals surface area contributed by atoms with Crippen molar-refractivity contribution < 1.29 is 5.11 Å². The summed E-state index contributed by atoms with van der Waals surface area (Å²) in [5.74, 6) is 0.575. The maximum absolute atomic E-state index is 11.0. The molecular formula is C18H14Cl2N4OS. The SMILES string of the molecule is OC(C1=C(c2nc[nH]n2)SC(c2ccncc2Cl)C1)c1ccc(Cl)cc1. The normalized spacial score (nSPS) is 18.3. The number of benzene rings is 1. The van der Waals surface area contributed by atoms with Gasteiger partial charge in [0.25, 0.3) is 0 Å². The molecule has 4 rings (SSSR count). The molecule has 2 atom stereocenters. The summed E-state index contributed by atoms with van der Waals surface area (Å²) in [4.78, 5) is 9.18. The Kier molecular flexibility index (Phi) is 5.00. The van der Waals surface area contributed by atoms with Crippen LogP contribution in [0.4, 0.5) is 0 Å². The number of thioether (sulfide) groups is 1. The number of aliphatic hydroxyl groups is 1. The Balaban J connectivity index is 1.72. The molecule has 0 saturated heterocycles. The molecule has 0 spiro atoms. The number of hydrogen-bond donors (Lipinski definition) is 2. The third-order valence-corrected chi connectivity index (χ3v) is 6.20. The number of aromatic amines is 1. The van der Waals surface area contributed by atoms with Crippen molar-refractivity contribution in [3.8, 4) is 0 Å². The predicted molar refractivity (Wildman–Crippen MR) is 104 cm³/mol. The fourth-order valence-corrected chi connectivity index (χ4v) is 4.84. The van der Waals surface area contributed by atoms with Crippen molar-refractivity contribution in [2.75, 3.05) is 0 Å². The van der Waals surface area contributed by atoms with Crippen LogP contribution in [0.1, 0.15) is 34.7 Å². The Morgan fingerprint density at radius 3 is 2.69 bits per heavy atom. The lowest BCUT2D eigenvalue weighted by Crippen LogP contribution is -2.03. The zero-order valence-electron chi connectivity index (χ0n) is 13.4. The minimum absolute atomic E-state index is 0.0657. The zero-order chi connectivity index (χ0) is 18.1. The minimum Gasteiger partial charge on any atom is -0.384 e. The molecule has 1 aliphatic heterocycles. The molecule has 2 N–H and O–H groups in total. The lowest BCUT2D eigenvalue weighted by Gasteiger charge is -2.15. The van der Waals surface area contributed by atoms with Gasteiger partial charge in [0.2, 0.25) is 0 Å². The average Bonchev–Trinajstić information content (AvgIpc) is 3.32. The van der Waals surface area contributed by atoms with Crippen molar-refractivity contribution in [3.63, 3.8) is 0 Å². The van der Waals surface area contributed by atoms with Crippen molar-refractivity contribution >= 4 is 39.9 Å². The summed E-state index contributed by atoms with van der Waals surface area (Å²) in [7, 11) is 0. The van der Waals surface area contributed by atoms with Crippen LogP contribution in [0.3, 0.4) is 0 Å². The van der Waals surface area contributed by atoms with Crippen LogP contribution < -0.4 is 0 Å². The van der Waals surface area contributed by atoms with Crippen LogP contribution in [0.15, 0.2) is 54.6 Å². The number of nitrogens with zero attached hydrogens (tertiary/aromatic N) is 3. The van der Waals surface area contributed by atoms with E-state index in [0.29, 0.717) is 22.3 Å². The van der Waals surface area contributed by atoms with Crippen LogP contribution >= 0.6 is 35.0 Å². The second-order valence-electron chi connectivity index (χ2n) is 5.84. The topological polar surface area (TPSA) is 74.7 Å². The molecule has 26 heavy (non-hydrogen) atoms. The molecule has 132 valence electrons. The summed E-state index contributed by atoms with van der Waals surface area (Å²) in [5.41, 5.74) is 2.63. The van der Waals surface area contributed by atoms with Crippen molar-refractivity contribution in [2.45, 2.75) is 17.8 Å². The highest BCUT2D eigenvalue weighted by molar-refractivity contribution is 8.08. The molecule has 1 aromatic carbocycles. The van der Waals surface area contributed by atoms with Gasteiger partial charge in [-0.05, 0) is 41.3 Å². The van der Waals surface area contributed by atoms with Gasteiger partial charge in [0, 0.05) is 22.7 Å². The van der Waals surface area contributed by atoms with Gasteiger partial charge < -0.3 is 5.11 Å². The number of aromatic nitrogens is 4. The van der Waals surface area contributed by atoms with Gasteiger partial charge in [-0.2, -0.15) is 5.10 Å². The number of hydrogen-bond acceptors (Lipinski definition) is 5. The van der Waals surface area contributed by atoms with E-state index in [2.05, 4.69) is 20.2 Å². The van der Waals surface area contributed by atoms with E-state index >= 15 is 0 Å². The molecule has 0 saturated carbocycles. The molecule has 5 nitrogen and oxygen atoms in total. The van der Waals surface area contributed by atoms with Crippen molar-refractivity contribution in [1.29, 1.82) is 0 Å². The van der Waals surface area contributed by atoms with Crippen LogP contribution in [0.2, 0.25) is 10.0 Å². The Labute approximate surface area is 164 Å². The van der Waals surface area contributed by atoms with Crippen LogP contribution in [-0.2, 0) is 0 Å². The molecule has 3 aromatic rings. The number of H-pyrrole nitrogens is 1. The van der Waals surface area contributed by atoms with Crippen LogP contribution in [-0.4, -0.2) is 25.3 Å². The average molecular weight is 405 g/mol. The maximum Gasteiger partial charge on any atom is 0.187 e. The van der Waals surface area contributed by atoms with E-state index in [9.17, 15) is 5.11 Å². The first-order chi connectivity index (χ1) is 12.6. The van der Waals surface area contributed by atoms with E-state index in [-0.39, 0.29) is 5.25 Å². The molecule has 2 aromatic heterocycles. The summed E-state index contributed by atoms with van der Waals surface area (Å²) in [6.07, 6.45) is 4.77. The Morgan fingerprint density at radius 2 is 2.00 bits per heavy atom. The van der Waals surface area contributed by atoms with Crippen molar-refractivity contribution in [1.82, 2.24) is 20.2 Å². The second-order valence-corrected chi connectivity index (χ2v) is 7.90. The van der Waals surface area contributed by atoms with Gasteiger partial charge in [-0.1, -0.05) is 35.3 Å². The lowest BCUT2D eigenvalue weighted by atomic mass is 9.95. The van der Waals surface area contributed by atoms with Crippen LogP contribution in [0, 0.1) is 0 Å². The molecule has 0 aliphatic carbocycles. The quantitative estimate of drug-likeness (QED) is 0.651. The maximum atomic E-state index is 11.0. The first kappa shape index (κ1) is 17.5. The lowest BCUT2D eigenvalue weighted by molar-refractivity contribution is 0.212. The van der Waals surface area contributed by atoms with E-state index in [1.807, 2.05) is 18.2 Å². The number of rotatable bonds is 4. The molecule has 3 heterocycles. The van der Waals surface area contributed by atoms with E-state index in [1.165, 1.54) is 6.33 Å². The Bertz CT molecular complexity index is 944. The van der Waals surface area contributed by atoms with Crippen LogP contribution in [0.5, 0.6) is 0 Å². The smallest absolute Gasteiger partial charge is 0.187 e. The largest absolute Gasteiger partial charge is 0.384 e. The molecule has 0 bridgehead atoms. The molecule has 2 unspecified atom stereocenters. The van der Waals surface area contributed by atoms with Gasteiger partial charge >= 0.3 is 0 Å². The predicted octanol–water partition coefficient (Wildman–Crippen LogP) is 4.83. The number of nitrogens with one attached hydrogen (secondary N) is 1. The molecular weight excluding hydrogens is 391 g/mol. The van der Waals surface area contributed by atoms with Crippen LogP contribution in [0.25, 0.3) is 4.91 Å². The van der Waals surface area contributed by atoms with Crippen molar-refractivity contribution in [2.24, 2.45) is 0 Å². The highest BCUT2D eigenvalue weighted by atomic mass is 35.5. The van der Waals surface area contributed by atoms with Gasteiger partial charge in [-0.15, -0.1) is 11.8 Å². The summed E-state index contributed by atoms with van der Waals surface area (Å²) < 4.78 is 0. The molecule has 0 amide bonds. The van der Waals surface area contributed by atoms with Gasteiger partial charge in [0.1, 0.15) is 12.4 Å². The first-order valence-corrected chi connectivity index (χ1v) is 9.56. The highest BCUT2D eigenvalue weighted by Gasteiger charge is 2.33. The third kappa shape index (κ3) is 3.38. The molecule has 8 heteroatoms. The summed E-state index contributed by atoms with van der Waals surface area (Å²) in [6.45, 7) is 0. The summed E-state index contributed by atoms with van der Waals surface area (Å²) >= 11 is 13.9. The zero-order valence-corrected chi connectivity index (χ0v) is 15.8. The molecule has 1 aliphatic rings. The molecule has 0 radical (unpaired) electrons. The van der Waals surface area contributed by atoms with Gasteiger partial charge in [-0.3, -0.25) is 10.1 Å². The number of aliphatic hydroxyl groups excluding tert-OH is 1. The fraction of sp³-hybridized carbons (Fsp3) is 0.167. The van der Waals surface area contributed by atoms with E-state index in [1.54, 1.807) is 36.3 Å². The van der Waals surface area contributed by atoms with Gasteiger partial charge in [0.15, 0.2) is 5.82 Å². The van der Waals surface area contributed by atoms with Gasteiger partial charge in [-0.25, -0.2) is 4.98 Å². The minimum atomic E-state index is -0.765. The highest BCUT2D eigenvalue weighted by Crippen LogP contribution is 2.55. The summed E-state index contributed by atoms with van der Waals surface area (Å²) in [5, 5.41) is 19.2. The van der Waals surface area contributed by atoms with E-state index < -0.39 is 6.10 Å². The third-order valence-electron chi connectivity index (χ3n) is 4.24. The Hall–Kier alpha value is -1.86. The van der Waals surface area contributed by atoms with Gasteiger partial charge in [0.05, 0.1) is 9.93 Å². The van der Waals surface area contributed by atoms with Crippen molar-refractivity contribution in [3.05, 3.63) is 81.6 Å². The second kappa shape index (κ2) is 7.40. The summed E-state index contributed by atoms with van der Waals surface area (Å²) in [6, 6.07) is 9.10. The number of pyridine rings is 1. The van der Waals surface area contributed by atoms with E-state index in [4.69, 9.17) is 23.2 Å². The molecule has 0 fully saturated rings. The standard InChI is InChI=1S/C18H14Cl2N4OS/c19-11-3-1-10(2-4-11)16(25)13-7-15(12-5-6-21-8-14(12)20)26-17(13)18-22-9-23-24-18/h1-6,8-9,15-16,25H,7H2,(H,22,23,24). The monoisotopic (exact) mass is 404 g/mol.